The van der Waals surface area contributed by atoms with Crippen LogP contribution in [-0.4, -0.2) is 24.0 Å². The van der Waals surface area contributed by atoms with Gasteiger partial charge >= 0.3 is 0 Å². The number of hydrogen-bond acceptors (Lipinski definition) is 3. The predicted octanol–water partition coefficient (Wildman–Crippen LogP) is 2.97. The van der Waals surface area contributed by atoms with E-state index in [4.69, 9.17) is 4.74 Å². The highest BCUT2D eigenvalue weighted by Gasteiger charge is 2.07. The number of carbonyl (C=O) groups excluding carboxylic acids is 1. The van der Waals surface area contributed by atoms with Crippen molar-refractivity contribution in [3.63, 3.8) is 0 Å². The number of amides is 1. The molecule has 1 heterocycles. The number of hydrogen-bond donors (Lipinski definition) is 1. The van der Waals surface area contributed by atoms with Crippen LogP contribution in [0.25, 0.3) is 10.9 Å². The first-order valence-corrected chi connectivity index (χ1v) is 7.60. The van der Waals surface area contributed by atoms with Crippen molar-refractivity contribution < 1.29 is 9.53 Å². The SMILES string of the molecule is O=C(Cc1cccc2cccnc12)NCCOc1ccccc1. The first-order chi connectivity index (χ1) is 11.3. The van der Waals surface area contributed by atoms with Crippen molar-refractivity contribution in [2.75, 3.05) is 13.2 Å². The van der Waals surface area contributed by atoms with E-state index in [1.165, 1.54) is 0 Å². The fourth-order valence-corrected chi connectivity index (χ4v) is 2.42. The molecule has 0 saturated carbocycles. The zero-order chi connectivity index (χ0) is 15.9. The summed E-state index contributed by atoms with van der Waals surface area (Å²) in [6.07, 6.45) is 2.07. The molecule has 0 aliphatic heterocycles. The summed E-state index contributed by atoms with van der Waals surface area (Å²) in [6, 6.07) is 19.3. The molecule has 23 heavy (non-hydrogen) atoms. The van der Waals surface area contributed by atoms with Gasteiger partial charge in [0.2, 0.25) is 5.91 Å². The van der Waals surface area contributed by atoms with E-state index in [0.717, 1.165) is 22.2 Å². The maximum atomic E-state index is 12.1. The Morgan fingerprint density at radius 2 is 1.83 bits per heavy atom. The molecule has 4 heteroatoms. The summed E-state index contributed by atoms with van der Waals surface area (Å²) < 4.78 is 5.55. The number of carbonyl (C=O) groups is 1. The Balaban J connectivity index is 1.51. The van der Waals surface area contributed by atoms with Crippen molar-refractivity contribution in [1.29, 1.82) is 0 Å². The number of aromatic nitrogens is 1. The second kappa shape index (κ2) is 7.40. The fraction of sp³-hybridized carbons (Fsp3) is 0.158. The standard InChI is InChI=1S/C19H18N2O2/c22-18(20-12-13-23-17-9-2-1-3-10-17)14-16-7-4-6-15-8-5-11-21-19(15)16/h1-11H,12-14H2,(H,20,22). The molecule has 0 fully saturated rings. The summed E-state index contributed by atoms with van der Waals surface area (Å²) >= 11 is 0. The van der Waals surface area contributed by atoms with E-state index < -0.39 is 0 Å². The van der Waals surface area contributed by atoms with Gasteiger partial charge in [-0.1, -0.05) is 42.5 Å². The number of fused-ring (bicyclic) bond motifs is 1. The number of ether oxygens (including phenoxy) is 1. The van der Waals surface area contributed by atoms with Crippen LogP contribution in [0.3, 0.4) is 0 Å². The van der Waals surface area contributed by atoms with Gasteiger partial charge in [0, 0.05) is 11.6 Å². The van der Waals surface area contributed by atoms with E-state index in [2.05, 4.69) is 10.3 Å². The molecular weight excluding hydrogens is 288 g/mol. The second-order valence-electron chi connectivity index (χ2n) is 5.18. The van der Waals surface area contributed by atoms with Gasteiger partial charge in [0.15, 0.2) is 0 Å². The molecule has 0 spiro atoms. The fourth-order valence-electron chi connectivity index (χ4n) is 2.42. The Kier molecular flexibility index (Phi) is 4.84. The van der Waals surface area contributed by atoms with E-state index in [1.807, 2.05) is 60.7 Å². The molecule has 1 N–H and O–H groups in total. The smallest absolute Gasteiger partial charge is 0.224 e. The summed E-state index contributed by atoms with van der Waals surface area (Å²) in [4.78, 5) is 16.4. The third-order valence-corrected chi connectivity index (χ3v) is 3.50. The van der Waals surface area contributed by atoms with Gasteiger partial charge in [-0.05, 0) is 23.8 Å². The Labute approximate surface area is 135 Å². The van der Waals surface area contributed by atoms with Crippen LogP contribution in [0.4, 0.5) is 0 Å². The maximum Gasteiger partial charge on any atom is 0.224 e. The van der Waals surface area contributed by atoms with E-state index >= 15 is 0 Å². The first kappa shape index (κ1) is 15.0. The Morgan fingerprint density at radius 1 is 1.00 bits per heavy atom. The van der Waals surface area contributed by atoms with Crippen LogP contribution < -0.4 is 10.1 Å². The molecule has 1 amide bonds. The highest BCUT2D eigenvalue weighted by molar-refractivity contribution is 5.87. The Morgan fingerprint density at radius 3 is 2.70 bits per heavy atom. The van der Waals surface area contributed by atoms with Gasteiger partial charge in [-0.15, -0.1) is 0 Å². The van der Waals surface area contributed by atoms with Gasteiger partial charge in [-0.25, -0.2) is 0 Å². The topological polar surface area (TPSA) is 51.2 Å². The van der Waals surface area contributed by atoms with Gasteiger partial charge in [0.05, 0.1) is 18.5 Å². The summed E-state index contributed by atoms with van der Waals surface area (Å²) in [5.74, 6) is 0.778. The number of benzene rings is 2. The van der Waals surface area contributed by atoms with Crippen molar-refractivity contribution >= 4 is 16.8 Å². The highest BCUT2D eigenvalue weighted by atomic mass is 16.5. The minimum Gasteiger partial charge on any atom is -0.492 e. The minimum absolute atomic E-state index is 0.0279. The van der Waals surface area contributed by atoms with Crippen LogP contribution in [0, 0.1) is 0 Å². The average molecular weight is 306 g/mol. The lowest BCUT2D eigenvalue weighted by Gasteiger charge is -2.08. The molecule has 0 unspecified atom stereocenters. The van der Waals surface area contributed by atoms with Crippen molar-refractivity contribution in [2.45, 2.75) is 6.42 Å². The van der Waals surface area contributed by atoms with Gasteiger partial charge in [-0.2, -0.15) is 0 Å². The van der Waals surface area contributed by atoms with Gasteiger partial charge in [0.25, 0.3) is 0 Å². The predicted molar refractivity (Wildman–Crippen MR) is 90.4 cm³/mol. The maximum absolute atomic E-state index is 12.1. The summed E-state index contributed by atoms with van der Waals surface area (Å²) in [6.45, 7) is 0.926. The Bertz CT molecular complexity index is 782. The van der Waals surface area contributed by atoms with Crippen LogP contribution in [0.1, 0.15) is 5.56 Å². The zero-order valence-electron chi connectivity index (χ0n) is 12.7. The minimum atomic E-state index is -0.0279. The van der Waals surface area contributed by atoms with Gasteiger partial charge in [0.1, 0.15) is 12.4 Å². The molecule has 0 bridgehead atoms. The van der Waals surface area contributed by atoms with E-state index in [9.17, 15) is 4.79 Å². The molecule has 0 radical (unpaired) electrons. The van der Waals surface area contributed by atoms with E-state index in [1.54, 1.807) is 6.20 Å². The molecule has 0 saturated heterocycles. The third-order valence-electron chi connectivity index (χ3n) is 3.50. The molecule has 1 aromatic heterocycles. The van der Waals surface area contributed by atoms with Crippen molar-refractivity contribution in [3.05, 3.63) is 72.4 Å². The first-order valence-electron chi connectivity index (χ1n) is 7.60. The second-order valence-corrected chi connectivity index (χ2v) is 5.18. The Hall–Kier alpha value is -2.88. The van der Waals surface area contributed by atoms with E-state index in [-0.39, 0.29) is 5.91 Å². The average Bonchev–Trinajstić information content (AvgIpc) is 2.60. The molecule has 2 aromatic carbocycles. The monoisotopic (exact) mass is 306 g/mol. The molecule has 4 nitrogen and oxygen atoms in total. The molecule has 0 atom stereocenters. The molecule has 3 aromatic rings. The molecule has 116 valence electrons. The van der Waals surface area contributed by atoms with Crippen molar-refractivity contribution in [1.82, 2.24) is 10.3 Å². The van der Waals surface area contributed by atoms with Crippen LogP contribution in [0.5, 0.6) is 5.75 Å². The van der Waals surface area contributed by atoms with Gasteiger partial charge in [-0.3, -0.25) is 9.78 Å². The molecule has 0 aliphatic carbocycles. The van der Waals surface area contributed by atoms with Crippen LogP contribution in [0.15, 0.2) is 66.9 Å². The number of para-hydroxylation sites is 2. The molecule has 3 rings (SSSR count). The summed E-state index contributed by atoms with van der Waals surface area (Å²) in [5.41, 5.74) is 1.82. The largest absolute Gasteiger partial charge is 0.492 e. The van der Waals surface area contributed by atoms with E-state index in [0.29, 0.717) is 19.6 Å². The van der Waals surface area contributed by atoms with Crippen LogP contribution in [-0.2, 0) is 11.2 Å². The number of nitrogens with zero attached hydrogens (tertiary/aromatic N) is 1. The van der Waals surface area contributed by atoms with Crippen molar-refractivity contribution in [3.8, 4) is 5.75 Å². The van der Waals surface area contributed by atoms with Crippen LogP contribution >= 0.6 is 0 Å². The number of nitrogens with one attached hydrogen (secondary N) is 1. The number of rotatable bonds is 6. The lowest BCUT2D eigenvalue weighted by atomic mass is 10.1. The summed E-state index contributed by atoms with van der Waals surface area (Å²) in [5, 5.41) is 3.92. The van der Waals surface area contributed by atoms with Gasteiger partial charge < -0.3 is 10.1 Å². The summed E-state index contributed by atoms with van der Waals surface area (Å²) in [7, 11) is 0. The number of pyridine rings is 1. The normalized spacial score (nSPS) is 10.4. The lowest BCUT2D eigenvalue weighted by molar-refractivity contribution is -0.120. The zero-order valence-corrected chi connectivity index (χ0v) is 12.7. The quantitative estimate of drug-likeness (QED) is 0.712. The third kappa shape index (κ3) is 4.07. The lowest BCUT2D eigenvalue weighted by Crippen LogP contribution is -2.29. The highest BCUT2D eigenvalue weighted by Crippen LogP contribution is 2.16. The molecular formula is C19H18N2O2. The molecule has 0 aliphatic rings. The van der Waals surface area contributed by atoms with Crippen LogP contribution in [0.2, 0.25) is 0 Å². The van der Waals surface area contributed by atoms with Crippen molar-refractivity contribution in [2.24, 2.45) is 0 Å².